The zero-order valence-electron chi connectivity index (χ0n) is 11.9. The molecule has 0 saturated carbocycles. The van der Waals surface area contributed by atoms with E-state index >= 15 is 0 Å². The summed E-state index contributed by atoms with van der Waals surface area (Å²) in [6.07, 6.45) is 1.23. The van der Waals surface area contributed by atoms with E-state index < -0.39 is 5.41 Å². The second-order valence-electron chi connectivity index (χ2n) is 4.78. The van der Waals surface area contributed by atoms with Crippen molar-refractivity contribution < 1.29 is 10.0 Å². The fourth-order valence-electron chi connectivity index (χ4n) is 1.81. The SMILES string of the molecule is CCc1cc(Br)ccc1NC(=O)C(C)(CC)/C(N)=N/O. The Morgan fingerprint density at radius 2 is 2.15 bits per heavy atom. The van der Waals surface area contributed by atoms with Gasteiger partial charge in [-0.2, -0.15) is 0 Å². The Morgan fingerprint density at radius 3 is 2.65 bits per heavy atom. The maximum Gasteiger partial charge on any atom is 0.238 e. The summed E-state index contributed by atoms with van der Waals surface area (Å²) in [5.41, 5.74) is 6.37. The molecule has 4 N–H and O–H groups in total. The van der Waals surface area contributed by atoms with Crippen LogP contribution in [-0.4, -0.2) is 17.0 Å². The van der Waals surface area contributed by atoms with Crippen LogP contribution in [0, 0.1) is 5.41 Å². The maximum absolute atomic E-state index is 12.4. The first-order chi connectivity index (χ1) is 9.38. The van der Waals surface area contributed by atoms with Gasteiger partial charge in [0.1, 0.15) is 5.41 Å². The normalized spacial score (nSPS) is 14.7. The Morgan fingerprint density at radius 1 is 1.50 bits per heavy atom. The monoisotopic (exact) mass is 341 g/mol. The number of hydrogen-bond donors (Lipinski definition) is 3. The van der Waals surface area contributed by atoms with Gasteiger partial charge in [-0.25, -0.2) is 0 Å². The van der Waals surface area contributed by atoms with Gasteiger partial charge < -0.3 is 16.3 Å². The largest absolute Gasteiger partial charge is 0.409 e. The van der Waals surface area contributed by atoms with Crippen molar-refractivity contribution in [1.82, 2.24) is 0 Å². The van der Waals surface area contributed by atoms with Crippen molar-refractivity contribution >= 4 is 33.4 Å². The highest BCUT2D eigenvalue weighted by Gasteiger charge is 2.36. The molecule has 0 spiro atoms. The lowest BCUT2D eigenvalue weighted by Gasteiger charge is -2.25. The van der Waals surface area contributed by atoms with Gasteiger partial charge in [-0.1, -0.05) is 34.9 Å². The third-order valence-corrected chi connectivity index (χ3v) is 4.07. The molecule has 1 unspecified atom stereocenters. The van der Waals surface area contributed by atoms with E-state index in [9.17, 15) is 4.79 Å². The van der Waals surface area contributed by atoms with Crippen LogP contribution in [0.4, 0.5) is 5.69 Å². The number of oxime groups is 1. The molecule has 0 aliphatic rings. The molecule has 0 heterocycles. The van der Waals surface area contributed by atoms with Crippen LogP contribution in [0.1, 0.15) is 32.8 Å². The minimum atomic E-state index is -1.03. The Labute approximate surface area is 127 Å². The number of anilines is 1. The predicted molar refractivity (Wildman–Crippen MR) is 84.0 cm³/mol. The van der Waals surface area contributed by atoms with Crippen LogP contribution >= 0.6 is 15.9 Å². The van der Waals surface area contributed by atoms with Gasteiger partial charge in [-0.05, 0) is 43.5 Å². The molecule has 0 radical (unpaired) electrons. The quantitative estimate of drug-likeness (QED) is 0.332. The van der Waals surface area contributed by atoms with Crippen molar-refractivity contribution in [1.29, 1.82) is 0 Å². The lowest BCUT2D eigenvalue weighted by Crippen LogP contribution is -2.44. The van der Waals surface area contributed by atoms with Crippen LogP contribution in [0.5, 0.6) is 0 Å². The summed E-state index contributed by atoms with van der Waals surface area (Å²) < 4.78 is 0.960. The Hall–Kier alpha value is -1.56. The number of carbonyl (C=O) groups is 1. The molecule has 1 aromatic carbocycles. The predicted octanol–water partition coefficient (Wildman–Crippen LogP) is 3.11. The second-order valence-corrected chi connectivity index (χ2v) is 5.70. The van der Waals surface area contributed by atoms with Gasteiger partial charge in [-0.15, -0.1) is 0 Å². The molecule has 6 heteroatoms. The third-order valence-electron chi connectivity index (χ3n) is 3.58. The zero-order chi connectivity index (χ0) is 15.3. The van der Waals surface area contributed by atoms with Gasteiger partial charge in [0.25, 0.3) is 0 Å². The van der Waals surface area contributed by atoms with Gasteiger partial charge >= 0.3 is 0 Å². The summed E-state index contributed by atoms with van der Waals surface area (Å²) in [4.78, 5) is 12.4. The van der Waals surface area contributed by atoms with Crippen molar-refractivity contribution in [3.63, 3.8) is 0 Å². The van der Waals surface area contributed by atoms with Gasteiger partial charge in [-0.3, -0.25) is 4.79 Å². The van der Waals surface area contributed by atoms with E-state index in [0.29, 0.717) is 6.42 Å². The average molecular weight is 342 g/mol. The van der Waals surface area contributed by atoms with Crippen molar-refractivity contribution in [2.75, 3.05) is 5.32 Å². The molecule has 1 aromatic rings. The zero-order valence-corrected chi connectivity index (χ0v) is 13.5. The van der Waals surface area contributed by atoms with Crippen molar-refractivity contribution in [3.05, 3.63) is 28.2 Å². The maximum atomic E-state index is 12.4. The number of amides is 1. The number of hydrogen-bond acceptors (Lipinski definition) is 3. The number of nitrogens with zero attached hydrogens (tertiary/aromatic N) is 1. The van der Waals surface area contributed by atoms with Crippen molar-refractivity contribution in [3.8, 4) is 0 Å². The molecule has 110 valence electrons. The van der Waals surface area contributed by atoms with E-state index in [1.54, 1.807) is 6.92 Å². The molecule has 0 aliphatic carbocycles. The molecule has 0 fully saturated rings. The molecular weight excluding hydrogens is 322 g/mol. The lowest BCUT2D eigenvalue weighted by atomic mass is 9.85. The van der Waals surface area contributed by atoms with E-state index in [-0.39, 0.29) is 11.7 Å². The molecule has 5 nitrogen and oxygen atoms in total. The lowest BCUT2D eigenvalue weighted by molar-refractivity contribution is -0.121. The minimum absolute atomic E-state index is 0.0901. The number of carbonyl (C=O) groups excluding carboxylic acids is 1. The summed E-state index contributed by atoms with van der Waals surface area (Å²) in [5, 5.41) is 14.7. The first-order valence-corrected chi connectivity index (χ1v) is 7.26. The van der Waals surface area contributed by atoms with E-state index in [1.165, 1.54) is 0 Å². The minimum Gasteiger partial charge on any atom is -0.409 e. The van der Waals surface area contributed by atoms with Crippen LogP contribution < -0.4 is 11.1 Å². The molecular formula is C14H20BrN3O2. The van der Waals surface area contributed by atoms with Crippen molar-refractivity contribution in [2.24, 2.45) is 16.3 Å². The molecule has 0 bridgehead atoms. The molecule has 0 aliphatic heterocycles. The first kappa shape index (κ1) is 16.5. The Balaban J connectivity index is 3.06. The van der Waals surface area contributed by atoms with Gasteiger partial charge in [0, 0.05) is 10.2 Å². The standard InChI is InChI=1S/C14H20BrN3O2/c1-4-9-8-10(15)6-7-11(9)17-13(19)14(3,5-2)12(16)18-20/h6-8,20H,4-5H2,1-3H3,(H2,16,18)(H,17,19). The highest BCUT2D eigenvalue weighted by atomic mass is 79.9. The van der Waals surface area contributed by atoms with Gasteiger partial charge in [0.15, 0.2) is 5.84 Å². The highest BCUT2D eigenvalue weighted by Crippen LogP contribution is 2.27. The van der Waals surface area contributed by atoms with Crippen molar-refractivity contribution in [2.45, 2.75) is 33.6 Å². The number of rotatable bonds is 5. The Kier molecular flexibility index (Phi) is 5.56. The van der Waals surface area contributed by atoms with E-state index in [2.05, 4.69) is 26.4 Å². The second kappa shape index (κ2) is 6.74. The number of benzene rings is 1. The fraction of sp³-hybridized carbons (Fsp3) is 0.429. The van der Waals surface area contributed by atoms with Crippen LogP contribution in [0.15, 0.2) is 27.8 Å². The van der Waals surface area contributed by atoms with E-state index in [0.717, 1.165) is 22.1 Å². The van der Waals surface area contributed by atoms with Crippen LogP contribution in [0.3, 0.4) is 0 Å². The number of nitrogens with one attached hydrogen (secondary N) is 1. The molecule has 1 amide bonds. The van der Waals surface area contributed by atoms with Gasteiger partial charge in [0.2, 0.25) is 5.91 Å². The van der Waals surface area contributed by atoms with Crippen LogP contribution in [0.25, 0.3) is 0 Å². The summed E-state index contributed by atoms with van der Waals surface area (Å²) >= 11 is 3.41. The topological polar surface area (TPSA) is 87.7 Å². The first-order valence-electron chi connectivity index (χ1n) is 6.46. The molecule has 1 rings (SSSR count). The highest BCUT2D eigenvalue weighted by molar-refractivity contribution is 9.10. The summed E-state index contributed by atoms with van der Waals surface area (Å²) in [6.45, 7) is 5.49. The number of amidine groups is 1. The molecule has 0 saturated heterocycles. The summed E-state index contributed by atoms with van der Waals surface area (Å²) in [7, 11) is 0. The molecule has 1 atom stereocenters. The van der Waals surface area contributed by atoms with Crippen LogP contribution in [0.2, 0.25) is 0 Å². The smallest absolute Gasteiger partial charge is 0.238 e. The van der Waals surface area contributed by atoms with E-state index in [4.69, 9.17) is 10.9 Å². The molecule has 20 heavy (non-hydrogen) atoms. The van der Waals surface area contributed by atoms with Gasteiger partial charge in [0.05, 0.1) is 0 Å². The number of halogens is 1. The molecule has 0 aromatic heterocycles. The van der Waals surface area contributed by atoms with E-state index in [1.807, 2.05) is 32.0 Å². The fourth-order valence-corrected chi connectivity index (χ4v) is 2.21. The Bertz CT molecular complexity index is 531. The number of nitrogens with two attached hydrogens (primary N) is 1. The summed E-state index contributed by atoms with van der Waals surface area (Å²) in [6, 6.07) is 5.66. The number of aryl methyl sites for hydroxylation is 1. The third kappa shape index (κ3) is 3.30. The van der Waals surface area contributed by atoms with Crippen LogP contribution in [-0.2, 0) is 11.2 Å². The average Bonchev–Trinajstić information content (AvgIpc) is 2.46. The summed E-state index contributed by atoms with van der Waals surface area (Å²) in [5.74, 6) is -0.375.